The normalized spacial score (nSPS) is 13.1. The molecule has 8 heteroatoms. The Morgan fingerprint density at radius 2 is 2.15 bits per heavy atom. The molecule has 0 heterocycles. The Labute approximate surface area is 117 Å². The van der Waals surface area contributed by atoms with E-state index in [2.05, 4.69) is 4.72 Å². The maximum atomic E-state index is 12.2. The van der Waals surface area contributed by atoms with Crippen molar-refractivity contribution in [3.8, 4) is 0 Å². The summed E-state index contributed by atoms with van der Waals surface area (Å²) < 4.78 is 31.8. The molecule has 1 atom stereocenters. The van der Waals surface area contributed by atoms with Crippen LogP contribution in [0.15, 0.2) is 23.1 Å². The van der Waals surface area contributed by atoms with Gasteiger partial charge in [0.25, 0.3) is 0 Å². The predicted octanol–water partition coefficient (Wildman–Crippen LogP) is 0.670. The van der Waals surface area contributed by atoms with Gasteiger partial charge in [-0.3, -0.25) is 0 Å². The number of benzene rings is 1. The zero-order valence-electron chi connectivity index (χ0n) is 11.3. The third-order valence-electron chi connectivity index (χ3n) is 2.71. The molecular weight excluding hydrogens is 284 g/mol. The Morgan fingerprint density at radius 1 is 1.50 bits per heavy atom. The Kier molecular flexibility index (Phi) is 5.49. The molecule has 0 radical (unpaired) electrons. The molecule has 0 aromatic heterocycles. The molecule has 0 amide bonds. The van der Waals surface area contributed by atoms with Crippen molar-refractivity contribution in [3.63, 3.8) is 0 Å². The van der Waals surface area contributed by atoms with Crippen molar-refractivity contribution in [2.24, 2.45) is 0 Å². The first-order valence-corrected chi connectivity index (χ1v) is 7.44. The molecule has 0 aliphatic carbocycles. The first-order valence-electron chi connectivity index (χ1n) is 5.96. The van der Waals surface area contributed by atoms with E-state index in [0.717, 1.165) is 6.07 Å². The quantitative estimate of drug-likeness (QED) is 0.637. The molecule has 1 unspecified atom stereocenters. The number of nitrogens with one attached hydrogen (secondary N) is 1. The number of carboxylic acid groups (broad SMARTS) is 1. The number of aromatic carboxylic acids is 1. The van der Waals surface area contributed by atoms with Crippen LogP contribution < -0.4 is 10.5 Å². The predicted molar refractivity (Wildman–Crippen MR) is 74.1 cm³/mol. The highest BCUT2D eigenvalue weighted by atomic mass is 32.2. The van der Waals surface area contributed by atoms with E-state index in [9.17, 15) is 13.2 Å². The number of rotatable bonds is 7. The van der Waals surface area contributed by atoms with Crippen molar-refractivity contribution in [2.45, 2.75) is 24.3 Å². The largest absolute Gasteiger partial charge is 0.478 e. The maximum Gasteiger partial charge on any atom is 0.337 e. The van der Waals surface area contributed by atoms with Gasteiger partial charge in [-0.15, -0.1) is 0 Å². The maximum absolute atomic E-state index is 12.2. The van der Waals surface area contributed by atoms with Crippen LogP contribution >= 0.6 is 0 Å². The molecule has 4 N–H and O–H groups in total. The minimum absolute atomic E-state index is 0.185. The molecule has 1 aromatic carbocycles. The summed E-state index contributed by atoms with van der Waals surface area (Å²) in [6.07, 6.45) is 0.518. The molecule has 0 aliphatic heterocycles. The fourth-order valence-electron chi connectivity index (χ4n) is 1.67. The third kappa shape index (κ3) is 3.92. The zero-order chi connectivity index (χ0) is 15.3. The van der Waals surface area contributed by atoms with E-state index >= 15 is 0 Å². The Bertz CT molecular complexity index is 586. The van der Waals surface area contributed by atoms with Crippen molar-refractivity contribution in [2.75, 3.05) is 19.5 Å². The zero-order valence-corrected chi connectivity index (χ0v) is 12.1. The summed E-state index contributed by atoms with van der Waals surface area (Å²) >= 11 is 0. The number of ether oxygens (including phenoxy) is 1. The van der Waals surface area contributed by atoms with Crippen molar-refractivity contribution in [1.82, 2.24) is 4.72 Å². The minimum atomic E-state index is -3.95. The summed E-state index contributed by atoms with van der Waals surface area (Å²) in [4.78, 5) is 10.8. The topological polar surface area (TPSA) is 119 Å². The van der Waals surface area contributed by atoms with Gasteiger partial charge >= 0.3 is 5.97 Å². The number of methoxy groups -OCH3 is 1. The number of carbonyl (C=O) groups is 1. The standard InChI is InChI=1S/C12H18N2O5S/c1-3-9(7-19-2)14-20(17,18)11-5-4-8(13)6-10(11)12(15)16/h4-6,9,14H,3,7,13H2,1-2H3,(H,15,16). The van der Waals surface area contributed by atoms with E-state index in [0.29, 0.717) is 6.42 Å². The Balaban J connectivity index is 3.18. The van der Waals surface area contributed by atoms with Crippen LogP contribution in [0.5, 0.6) is 0 Å². The second kappa shape index (κ2) is 6.69. The smallest absolute Gasteiger partial charge is 0.337 e. The summed E-state index contributed by atoms with van der Waals surface area (Å²) in [6, 6.07) is 3.22. The van der Waals surface area contributed by atoms with E-state index in [1.807, 2.05) is 0 Å². The first-order chi connectivity index (χ1) is 9.31. The van der Waals surface area contributed by atoms with Crippen LogP contribution in [0.4, 0.5) is 5.69 Å². The van der Waals surface area contributed by atoms with Crippen LogP contribution in [-0.2, 0) is 14.8 Å². The monoisotopic (exact) mass is 302 g/mol. The van der Waals surface area contributed by atoms with Gasteiger partial charge in [0.05, 0.1) is 17.1 Å². The number of hydrogen-bond donors (Lipinski definition) is 3. The Morgan fingerprint density at radius 3 is 2.65 bits per heavy atom. The average molecular weight is 302 g/mol. The van der Waals surface area contributed by atoms with Crippen LogP contribution in [0.25, 0.3) is 0 Å². The number of nitrogen functional groups attached to an aromatic ring is 1. The summed E-state index contributed by atoms with van der Waals surface area (Å²) in [5.41, 5.74) is 5.31. The molecule has 0 saturated heterocycles. The van der Waals surface area contributed by atoms with E-state index in [4.69, 9.17) is 15.6 Å². The van der Waals surface area contributed by atoms with Crippen LogP contribution in [0.2, 0.25) is 0 Å². The summed E-state index contributed by atoms with van der Waals surface area (Å²) in [7, 11) is -2.49. The number of hydrogen-bond acceptors (Lipinski definition) is 5. The molecule has 20 heavy (non-hydrogen) atoms. The lowest BCUT2D eigenvalue weighted by atomic mass is 10.2. The lowest BCUT2D eigenvalue weighted by molar-refractivity contribution is 0.0692. The summed E-state index contributed by atoms with van der Waals surface area (Å²) in [5, 5.41) is 9.08. The molecule has 0 fully saturated rings. The Hall–Kier alpha value is -1.64. The van der Waals surface area contributed by atoms with Gasteiger partial charge in [0.15, 0.2) is 0 Å². The lowest BCUT2D eigenvalue weighted by Crippen LogP contribution is -2.38. The van der Waals surface area contributed by atoms with Crippen molar-refractivity contribution < 1.29 is 23.1 Å². The van der Waals surface area contributed by atoms with Crippen molar-refractivity contribution in [3.05, 3.63) is 23.8 Å². The van der Waals surface area contributed by atoms with Gasteiger partial charge < -0.3 is 15.6 Å². The SMILES string of the molecule is CCC(COC)NS(=O)(=O)c1ccc(N)cc1C(=O)O. The van der Waals surface area contributed by atoms with Gasteiger partial charge in [-0.05, 0) is 24.6 Å². The van der Waals surface area contributed by atoms with E-state index in [-0.39, 0.29) is 22.8 Å². The third-order valence-corrected chi connectivity index (χ3v) is 4.28. The molecule has 0 saturated carbocycles. The lowest BCUT2D eigenvalue weighted by Gasteiger charge is -2.17. The highest BCUT2D eigenvalue weighted by molar-refractivity contribution is 7.89. The summed E-state index contributed by atoms with van der Waals surface area (Å²) in [6.45, 7) is 2.00. The molecule has 1 rings (SSSR count). The fourth-order valence-corrected chi connectivity index (χ4v) is 3.15. The van der Waals surface area contributed by atoms with Crippen LogP contribution in [0.3, 0.4) is 0 Å². The van der Waals surface area contributed by atoms with Crippen LogP contribution in [-0.4, -0.2) is 39.3 Å². The highest BCUT2D eigenvalue weighted by Crippen LogP contribution is 2.19. The van der Waals surface area contributed by atoms with Crippen molar-refractivity contribution in [1.29, 1.82) is 0 Å². The molecule has 0 aliphatic rings. The van der Waals surface area contributed by atoms with Gasteiger partial charge in [-0.25, -0.2) is 17.9 Å². The summed E-state index contributed by atoms with van der Waals surface area (Å²) in [5.74, 6) is -1.35. The van der Waals surface area contributed by atoms with Crippen LogP contribution in [0, 0.1) is 0 Å². The van der Waals surface area contributed by atoms with E-state index in [1.54, 1.807) is 6.92 Å². The minimum Gasteiger partial charge on any atom is -0.478 e. The second-order valence-corrected chi connectivity index (χ2v) is 5.92. The number of nitrogens with two attached hydrogens (primary N) is 1. The molecular formula is C12H18N2O5S. The van der Waals surface area contributed by atoms with Crippen molar-refractivity contribution >= 4 is 21.7 Å². The fraction of sp³-hybridized carbons (Fsp3) is 0.417. The second-order valence-electron chi connectivity index (χ2n) is 4.24. The molecule has 112 valence electrons. The highest BCUT2D eigenvalue weighted by Gasteiger charge is 2.24. The van der Waals surface area contributed by atoms with Gasteiger partial charge in [-0.1, -0.05) is 6.92 Å². The molecule has 1 aromatic rings. The van der Waals surface area contributed by atoms with Gasteiger partial charge in [0, 0.05) is 18.8 Å². The molecule has 0 spiro atoms. The number of sulfonamides is 1. The molecule has 0 bridgehead atoms. The number of carboxylic acids is 1. The van der Waals surface area contributed by atoms with Gasteiger partial charge in [0.2, 0.25) is 10.0 Å². The van der Waals surface area contributed by atoms with Crippen LogP contribution in [0.1, 0.15) is 23.7 Å². The van der Waals surface area contributed by atoms with Gasteiger partial charge in [0.1, 0.15) is 0 Å². The van der Waals surface area contributed by atoms with Gasteiger partial charge in [-0.2, -0.15) is 0 Å². The number of anilines is 1. The van der Waals surface area contributed by atoms with E-state index < -0.39 is 22.0 Å². The molecule has 7 nitrogen and oxygen atoms in total. The van der Waals surface area contributed by atoms with E-state index in [1.165, 1.54) is 19.2 Å². The average Bonchev–Trinajstić information content (AvgIpc) is 2.37. The first kappa shape index (κ1) is 16.4.